The number of nitrogen functional groups attached to an aromatic ring is 1. The molecule has 0 unspecified atom stereocenters. The van der Waals surface area contributed by atoms with Crippen LogP contribution in [0.5, 0.6) is 0 Å². The van der Waals surface area contributed by atoms with E-state index in [1.807, 2.05) is 24.3 Å². The van der Waals surface area contributed by atoms with Crippen molar-refractivity contribution in [3.63, 3.8) is 0 Å². The number of rotatable bonds is 4. The molecule has 6 nitrogen and oxygen atoms in total. The van der Waals surface area contributed by atoms with Crippen LogP contribution in [0.1, 0.15) is 16.1 Å². The largest absolute Gasteiger partial charge is 0.451 e. The van der Waals surface area contributed by atoms with E-state index in [0.29, 0.717) is 11.3 Å². The van der Waals surface area contributed by atoms with Gasteiger partial charge in [0.1, 0.15) is 11.1 Å². The highest BCUT2D eigenvalue weighted by Gasteiger charge is 2.20. The van der Waals surface area contributed by atoms with Gasteiger partial charge in [-0.3, -0.25) is 10.2 Å². The summed E-state index contributed by atoms with van der Waals surface area (Å²) < 4.78 is 6.43. The minimum atomic E-state index is -0.436. The number of amides is 1. The second-order valence-electron chi connectivity index (χ2n) is 3.87. The maximum Gasteiger partial charge on any atom is 0.301 e. The van der Waals surface area contributed by atoms with Crippen LogP contribution >= 0.6 is 23.1 Å². The van der Waals surface area contributed by atoms with Crippen LogP contribution in [0.2, 0.25) is 0 Å². The van der Waals surface area contributed by atoms with Crippen molar-refractivity contribution in [1.29, 1.82) is 0 Å². The van der Waals surface area contributed by atoms with E-state index in [-0.39, 0.29) is 5.76 Å². The average Bonchev–Trinajstić information content (AvgIpc) is 3.11. The minimum Gasteiger partial charge on any atom is -0.451 e. The number of benzene rings is 1. The van der Waals surface area contributed by atoms with Crippen LogP contribution in [-0.2, 0) is 5.75 Å². The lowest BCUT2D eigenvalue weighted by Crippen LogP contribution is -2.30. The molecule has 0 atom stereocenters. The SMILES string of the molecule is NNC(=O)c1oc2ccccc2c1CSc1nncs1. The number of nitrogens with one attached hydrogen (secondary N) is 1. The van der Waals surface area contributed by atoms with Gasteiger partial charge in [0.05, 0.1) is 0 Å². The molecule has 3 aromatic rings. The number of carbonyl (C=O) groups is 1. The highest BCUT2D eigenvalue weighted by atomic mass is 32.2. The van der Waals surface area contributed by atoms with Crippen molar-refractivity contribution in [3.8, 4) is 0 Å². The number of furan rings is 1. The van der Waals surface area contributed by atoms with Gasteiger partial charge in [0.2, 0.25) is 0 Å². The van der Waals surface area contributed by atoms with Gasteiger partial charge in [-0.1, -0.05) is 41.3 Å². The maximum atomic E-state index is 11.8. The Labute approximate surface area is 122 Å². The molecule has 2 aromatic heterocycles. The number of nitrogens with two attached hydrogens (primary N) is 1. The molecule has 1 aromatic carbocycles. The van der Waals surface area contributed by atoms with E-state index in [4.69, 9.17) is 10.3 Å². The lowest BCUT2D eigenvalue weighted by atomic mass is 10.1. The first-order valence-electron chi connectivity index (χ1n) is 5.70. The molecular formula is C12H10N4O2S2. The summed E-state index contributed by atoms with van der Waals surface area (Å²) in [5.41, 5.74) is 5.25. The predicted molar refractivity (Wildman–Crippen MR) is 77.3 cm³/mol. The Bertz CT molecular complexity index is 739. The number of fused-ring (bicyclic) bond motifs is 1. The fourth-order valence-electron chi connectivity index (χ4n) is 1.85. The molecule has 0 saturated heterocycles. The summed E-state index contributed by atoms with van der Waals surface area (Å²) in [5, 5.41) is 8.65. The van der Waals surface area contributed by atoms with E-state index in [0.717, 1.165) is 15.3 Å². The lowest BCUT2D eigenvalue weighted by Gasteiger charge is -2.00. The van der Waals surface area contributed by atoms with E-state index in [9.17, 15) is 4.79 Å². The predicted octanol–water partition coefficient (Wildman–Crippen LogP) is 2.18. The highest BCUT2D eigenvalue weighted by molar-refractivity contribution is 8.00. The normalized spacial score (nSPS) is 10.8. The van der Waals surface area contributed by atoms with Gasteiger partial charge >= 0.3 is 5.91 Å². The van der Waals surface area contributed by atoms with Crippen molar-refractivity contribution < 1.29 is 9.21 Å². The van der Waals surface area contributed by atoms with Gasteiger partial charge in [-0.15, -0.1) is 10.2 Å². The number of hydrazine groups is 1. The third-order valence-corrected chi connectivity index (χ3v) is 4.60. The molecule has 0 radical (unpaired) electrons. The van der Waals surface area contributed by atoms with E-state index in [1.54, 1.807) is 5.51 Å². The number of aromatic nitrogens is 2. The zero-order chi connectivity index (χ0) is 13.9. The Hall–Kier alpha value is -1.90. The molecular weight excluding hydrogens is 296 g/mol. The van der Waals surface area contributed by atoms with E-state index in [1.165, 1.54) is 23.1 Å². The molecule has 102 valence electrons. The van der Waals surface area contributed by atoms with Gasteiger partial charge < -0.3 is 4.42 Å². The number of nitrogens with zero attached hydrogens (tertiary/aromatic N) is 2. The van der Waals surface area contributed by atoms with Gasteiger partial charge in [0, 0.05) is 16.7 Å². The van der Waals surface area contributed by atoms with E-state index >= 15 is 0 Å². The molecule has 0 spiro atoms. The van der Waals surface area contributed by atoms with Crippen LogP contribution in [0.3, 0.4) is 0 Å². The molecule has 1 amide bonds. The van der Waals surface area contributed by atoms with Gasteiger partial charge in [0.25, 0.3) is 0 Å². The fraction of sp³-hybridized carbons (Fsp3) is 0.0833. The van der Waals surface area contributed by atoms with Crippen molar-refractivity contribution in [3.05, 3.63) is 41.1 Å². The molecule has 3 N–H and O–H groups in total. The van der Waals surface area contributed by atoms with Crippen LogP contribution < -0.4 is 11.3 Å². The highest BCUT2D eigenvalue weighted by Crippen LogP contribution is 2.32. The molecule has 0 aliphatic rings. The quantitative estimate of drug-likeness (QED) is 0.332. The van der Waals surface area contributed by atoms with E-state index < -0.39 is 5.91 Å². The summed E-state index contributed by atoms with van der Waals surface area (Å²) in [5.74, 6) is 5.57. The summed E-state index contributed by atoms with van der Waals surface area (Å²) in [6.07, 6.45) is 0. The summed E-state index contributed by atoms with van der Waals surface area (Å²) >= 11 is 2.96. The molecule has 0 saturated carbocycles. The van der Waals surface area contributed by atoms with Crippen molar-refractivity contribution in [1.82, 2.24) is 15.6 Å². The number of para-hydroxylation sites is 1. The first kappa shape index (κ1) is 13.1. The molecule has 0 aliphatic heterocycles. The lowest BCUT2D eigenvalue weighted by molar-refractivity contribution is 0.0927. The molecule has 20 heavy (non-hydrogen) atoms. The first-order valence-corrected chi connectivity index (χ1v) is 7.56. The number of hydrogen-bond acceptors (Lipinski definition) is 7. The standard InChI is InChI=1S/C12H10N4O2S2/c13-15-11(17)10-8(5-19-12-16-14-6-20-12)7-3-1-2-4-9(7)18-10/h1-4,6H,5,13H2,(H,15,17). The molecule has 0 aliphatic carbocycles. The van der Waals surface area contributed by atoms with Gasteiger partial charge in [-0.2, -0.15) is 0 Å². The summed E-state index contributed by atoms with van der Waals surface area (Å²) in [4.78, 5) is 11.8. The van der Waals surface area contributed by atoms with Gasteiger partial charge in [-0.25, -0.2) is 5.84 Å². The minimum absolute atomic E-state index is 0.241. The Morgan fingerprint density at radius 1 is 1.45 bits per heavy atom. The molecule has 3 rings (SSSR count). The molecule has 8 heteroatoms. The Morgan fingerprint density at radius 2 is 2.30 bits per heavy atom. The fourth-order valence-corrected chi connectivity index (χ4v) is 3.37. The average molecular weight is 306 g/mol. The molecule has 0 bridgehead atoms. The Morgan fingerprint density at radius 3 is 3.05 bits per heavy atom. The van der Waals surface area contributed by atoms with Crippen LogP contribution in [0.4, 0.5) is 0 Å². The third kappa shape index (κ3) is 2.40. The molecule has 2 heterocycles. The zero-order valence-corrected chi connectivity index (χ0v) is 11.8. The Balaban J connectivity index is 1.99. The van der Waals surface area contributed by atoms with Gasteiger partial charge in [-0.05, 0) is 6.07 Å². The van der Waals surface area contributed by atoms with Crippen molar-refractivity contribution >= 4 is 40.0 Å². The zero-order valence-electron chi connectivity index (χ0n) is 10.2. The van der Waals surface area contributed by atoms with Crippen molar-refractivity contribution in [2.75, 3.05) is 0 Å². The number of hydrogen-bond donors (Lipinski definition) is 2. The van der Waals surface area contributed by atoms with Crippen molar-refractivity contribution in [2.45, 2.75) is 10.1 Å². The summed E-state index contributed by atoms with van der Waals surface area (Å²) in [7, 11) is 0. The van der Waals surface area contributed by atoms with Crippen LogP contribution in [0.25, 0.3) is 11.0 Å². The summed E-state index contributed by atoms with van der Waals surface area (Å²) in [6, 6.07) is 7.50. The summed E-state index contributed by atoms with van der Waals surface area (Å²) in [6.45, 7) is 0. The van der Waals surface area contributed by atoms with Crippen LogP contribution in [0.15, 0.2) is 38.5 Å². The van der Waals surface area contributed by atoms with Crippen LogP contribution in [-0.4, -0.2) is 16.1 Å². The second kappa shape index (κ2) is 5.61. The number of thioether (sulfide) groups is 1. The molecule has 0 fully saturated rings. The third-order valence-electron chi connectivity index (χ3n) is 2.72. The van der Waals surface area contributed by atoms with E-state index in [2.05, 4.69) is 15.6 Å². The number of carbonyl (C=O) groups excluding carboxylic acids is 1. The maximum absolute atomic E-state index is 11.8. The topological polar surface area (TPSA) is 94.0 Å². The first-order chi connectivity index (χ1) is 9.79. The second-order valence-corrected chi connectivity index (χ2v) is 5.93. The Kier molecular flexibility index (Phi) is 3.68. The smallest absolute Gasteiger partial charge is 0.301 e. The van der Waals surface area contributed by atoms with Crippen LogP contribution in [0, 0.1) is 0 Å². The van der Waals surface area contributed by atoms with Crippen molar-refractivity contribution in [2.24, 2.45) is 5.84 Å². The monoisotopic (exact) mass is 306 g/mol. The van der Waals surface area contributed by atoms with Gasteiger partial charge in [0.15, 0.2) is 10.1 Å².